The number of benzene rings is 1. The second-order valence-electron chi connectivity index (χ2n) is 5.74. The van der Waals surface area contributed by atoms with Crippen LogP contribution in [0.15, 0.2) is 23.1 Å². The lowest BCUT2D eigenvalue weighted by atomic mass is 10.1. The van der Waals surface area contributed by atoms with Crippen molar-refractivity contribution in [2.75, 3.05) is 26.2 Å². The second kappa shape index (κ2) is 6.70. The SMILES string of the molecule is CCN1C(=O)c2ccc(C(=O)N3CCNC[C@@H]3C)cc2S1(=O)=O.Cl. The minimum atomic E-state index is -3.85. The first-order chi connectivity index (χ1) is 10.9. The van der Waals surface area contributed by atoms with E-state index in [9.17, 15) is 18.0 Å². The molecule has 2 amide bonds. The van der Waals surface area contributed by atoms with Crippen molar-refractivity contribution in [3.63, 3.8) is 0 Å². The van der Waals surface area contributed by atoms with Gasteiger partial charge in [-0.1, -0.05) is 0 Å². The lowest BCUT2D eigenvalue weighted by molar-refractivity contribution is 0.0655. The molecule has 1 fully saturated rings. The van der Waals surface area contributed by atoms with Gasteiger partial charge < -0.3 is 10.2 Å². The topological polar surface area (TPSA) is 86.8 Å². The maximum Gasteiger partial charge on any atom is 0.268 e. The molecule has 3 rings (SSSR count). The highest BCUT2D eigenvalue weighted by atomic mass is 35.5. The van der Waals surface area contributed by atoms with Gasteiger partial charge in [-0.3, -0.25) is 9.59 Å². The summed E-state index contributed by atoms with van der Waals surface area (Å²) >= 11 is 0. The Bertz CT molecular complexity index is 781. The molecular formula is C15H20ClN3O4S. The molecule has 1 aromatic carbocycles. The molecule has 1 saturated heterocycles. The number of carbonyl (C=O) groups excluding carboxylic acids is 2. The molecule has 1 aromatic rings. The van der Waals surface area contributed by atoms with Crippen molar-refractivity contribution in [2.45, 2.75) is 24.8 Å². The van der Waals surface area contributed by atoms with Gasteiger partial charge in [-0.2, -0.15) is 0 Å². The van der Waals surface area contributed by atoms with Crippen LogP contribution >= 0.6 is 12.4 Å². The maximum absolute atomic E-state index is 12.7. The molecule has 2 aliphatic heterocycles. The minimum Gasteiger partial charge on any atom is -0.333 e. The number of nitrogens with zero attached hydrogens (tertiary/aromatic N) is 2. The van der Waals surface area contributed by atoms with Crippen molar-refractivity contribution in [3.8, 4) is 0 Å². The van der Waals surface area contributed by atoms with Gasteiger partial charge in [0.15, 0.2) is 0 Å². The first-order valence-electron chi connectivity index (χ1n) is 7.60. The van der Waals surface area contributed by atoms with E-state index in [0.29, 0.717) is 25.2 Å². The van der Waals surface area contributed by atoms with Crippen molar-refractivity contribution in [1.82, 2.24) is 14.5 Å². The van der Waals surface area contributed by atoms with Crippen LogP contribution in [0.2, 0.25) is 0 Å². The van der Waals surface area contributed by atoms with E-state index in [2.05, 4.69) is 5.32 Å². The van der Waals surface area contributed by atoms with Crippen LogP contribution in [0.5, 0.6) is 0 Å². The van der Waals surface area contributed by atoms with Crippen LogP contribution in [0.25, 0.3) is 0 Å². The number of hydrogen-bond donors (Lipinski definition) is 1. The van der Waals surface area contributed by atoms with Crippen LogP contribution in [-0.2, 0) is 10.0 Å². The third kappa shape index (κ3) is 2.78. The number of carbonyl (C=O) groups is 2. The van der Waals surface area contributed by atoms with Gasteiger partial charge in [0, 0.05) is 37.8 Å². The zero-order valence-corrected chi connectivity index (χ0v) is 15.1. The monoisotopic (exact) mass is 373 g/mol. The Labute approximate surface area is 147 Å². The number of hydrogen-bond acceptors (Lipinski definition) is 5. The highest BCUT2D eigenvalue weighted by Gasteiger charge is 2.40. The molecule has 1 atom stereocenters. The predicted octanol–water partition coefficient (Wildman–Crippen LogP) is 0.707. The van der Waals surface area contributed by atoms with E-state index in [-0.39, 0.29) is 41.4 Å². The Morgan fingerprint density at radius 3 is 2.71 bits per heavy atom. The summed E-state index contributed by atoms with van der Waals surface area (Å²) in [6, 6.07) is 4.33. The molecule has 2 heterocycles. The molecule has 1 N–H and O–H groups in total. The fourth-order valence-corrected chi connectivity index (χ4v) is 4.63. The smallest absolute Gasteiger partial charge is 0.268 e. The van der Waals surface area contributed by atoms with Crippen LogP contribution in [0.1, 0.15) is 34.6 Å². The summed E-state index contributed by atoms with van der Waals surface area (Å²) in [5.74, 6) is -0.739. The van der Waals surface area contributed by atoms with Crippen LogP contribution in [0.4, 0.5) is 0 Å². The number of amides is 2. The first kappa shape index (κ1) is 18.7. The van der Waals surface area contributed by atoms with E-state index in [0.717, 1.165) is 4.31 Å². The number of halogens is 1. The van der Waals surface area contributed by atoms with E-state index in [4.69, 9.17) is 0 Å². The van der Waals surface area contributed by atoms with E-state index >= 15 is 0 Å². The fraction of sp³-hybridized carbons (Fsp3) is 0.467. The van der Waals surface area contributed by atoms with Crippen molar-refractivity contribution in [1.29, 1.82) is 0 Å². The molecule has 2 aliphatic rings. The summed E-state index contributed by atoms with van der Waals surface area (Å²) in [4.78, 5) is 26.4. The summed E-state index contributed by atoms with van der Waals surface area (Å²) in [5.41, 5.74) is 0.434. The third-order valence-electron chi connectivity index (χ3n) is 4.30. The number of piperazine rings is 1. The molecule has 0 saturated carbocycles. The van der Waals surface area contributed by atoms with Crippen LogP contribution < -0.4 is 5.32 Å². The van der Waals surface area contributed by atoms with Crippen LogP contribution in [0, 0.1) is 0 Å². The molecule has 0 unspecified atom stereocenters. The average Bonchev–Trinajstić information content (AvgIpc) is 2.73. The zero-order chi connectivity index (χ0) is 16.8. The molecule has 24 heavy (non-hydrogen) atoms. The van der Waals surface area contributed by atoms with Gasteiger partial charge >= 0.3 is 0 Å². The zero-order valence-electron chi connectivity index (χ0n) is 13.5. The van der Waals surface area contributed by atoms with Gasteiger partial charge in [0.25, 0.3) is 21.8 Å². The summed E-state index contributed by atoms with van der Waals surface area (Å²) in [6.45, 7) is 5.61. The molecule has 0 aromatic heterocycles. The summed E-state index contributed by atoms with van der Waals surface area (Å²) in [5, 5.41) is 3.20. The van der Waals surface area contributed by atoms with Gasteiger partial charge in [-0.15, -0.1) is 12.4 Å². The number of sulfonamides is 1. The fourth-order valence-electron chi connectivity index (χ4n) is 3.03. The number of rotatable bonds is 2. The quantitative estimate of drug-likeness (QED) is 0.824. The summed E-state index contributed by atoms with van der Waals surface area (Å²) in [7, 11) is -3.85. The van der Waals surface area contributed by atoms with E-state index in [1.54, 1.807) is 11.8 Å². The predicted molar refractivity (Wildman–Crippen MR) is 91.0 cm³/mol. The second-order valence-corrected chi connectivity index (χ2v) is 7.57. The van der Waals surface area contributed by atoms with E-state index in [1.165, 1.54) is 18.2 Å². The normalized spacial score (nSPS) is 22.1. The maximum atomic E-state index is 12.7. The van der Waals surface area contributed by atoms with E-state index in [1.807, 2.05) is 6.92 Å². The summed E-state index contributed by atoms with van der Waals surface area (Å²) < 4.78 is 25.7. The van der Waals surface area contributed by atoms with Crippen LogP contribution in [-0.4, -0.2) is 61.7 Å². The Morgan fingerprint density at radius 2 is 2.08 bits per heavy atom. The third-order valence-corrected chi connectivity index (χ3v) is 6.20. The first-order valence-corrected chi connectivity index (χ1v) is 9.04. The molecule has 7 nitrogen and oxygen atoms in total. The van der Waals surface area contributed by atoms with Crippen molar-refractivity contribution >= 4 is 34.2 Å². The van der Waals surface area contributed by atoms with Crippen molar-refractivity contribution in [2.24, 2.45) is 0 Å². The van der Waals surface area contributed by atoms with Gasteiger partial charge in [0.05, 0.1) is 5.56 Å². The minimum absolute atomic E-state index is 0. The molecule has 0 radical (unpaired) electrons. The van der Waals surface area contributed by atoms with Crippen LogP contribution in [0.3, 0.4) is 0 Å². The van der Waals surface area contributed by atoms with Gasteiger partial charge in [-0.05, 0) is 32.0 Å². The molecule has 0 aliphatic carbocycles. The number of nitrogens with one attached hydrogen (secondary N) is 1. The lowest BCUT2D eigenvalue weighted by Crippen LogP contribution is -2.52. The standard InChI is InChI=1S/C15H19N3O4S.ClH/c1-3-18-15(20)12-5-4-11(8-13(12)23(18,21)22)14(19)17-7-6-16-9-10(17)2;/h4-5,8,10,16H,3,6-7,9H2,1-2H3;1H/t10-;/m0./s1. The molecule has 132 valence electrons. The highest BCUT2D eigenvalue weighted by molar-refractivity contribution is 7.90. The van der Waals surface area contributed by atoms with Gasteiger partial charge in [0.2, 0.25) is 0 Å². The number of fused-ring (bicyclic) bond motifs is 1. The summed E-state index contributed by atoms with van der Waals surface area (Å²) in [6.07, 6.45) is 0. The molecule has 9 heteroatoms. The van der Waals surface area contributed by atoms with Crippen molar-refractivity contribution in [3.05, 3.63) is 29.3 Å². The largest absolute Gasteiger partial charge is 0.333 e. The molecular weight excluding hydrogens is 354 g/mol. The van der Waals surface area contributed by atoms with Gasteiger partial charge in [0.1, 0.15) is 4.90 Å². The molecule has 0 spiro atoms. The Hall–Kier alpha value is -1.64. The van der Waals surface area contributed by atoms with Gasteiger partial charge in [-0.25, -0.2) is 12.7 Å². The average molecular weight is 374 g/mol. The Morgan fingerprint density at radius 1 is 1.38 bits per heavy atom. The Kier molecular flexibility index (Phi) is 5.22. The Balaban J connectivity index is 0.00000208. The molecule has 0 bridgehead atoms. The lowest BCUT2D eigenvalue weighted by Gasteiger charge is -2.34. The van der Waals surface area contributed by atoms with E-state index < -0.39 is 15.9 Å². The highest BCUT2D eigenvalue weighted by Crippen LogP contribution is 2.31. The van der Waals surface area contributed by atoms with Crippen molar-refractivity contribution < 1.29 is 18.0 Å².